The Labute approximate surface area is 677 Å². The molecule has 0 atom stereocenters. The van der Waals surface area contributed by atoms with Gasteiger partial charge in [-0.2, -0.15) is 0 Å². The number of piperidine rings is 5. The predicted octanol–water partition coefficient (Wildman–Crippen LogP) is 13.0. The van der Waals surface area contributed by atoms with Gasteiger partial charge < -0.3 is 39.1 Å². The quantitative estimate of drug-likeness (QED) is 0.143. The van der Waals surface area contributed by atoms with Crippen molar-refractivity contribution < 1.29 is 38.6 Å². The smallest absolute Gasteiger partial charge is 0.213 e. The Morgan fingerprint density at radius 2 is 0.557 bits per heavy atom. The first-order valence-corrected chi connectivity index (χ1v) is 41.7. The molecule has 0 radical (unpaired) electrons. The summed E-state index contributed by atoms with van der Waals surface area (Å²) in [6.45, 7) is 13.7. The molecule has 0 amide bonds. The number of rotatable bonds is 8. The van der Waals surface area contributed by atoms with E-state index in [9.17, 15) is 29.1 Å². The highest BCUT2D eigenvalue weighted by Gasteiger charge is 2.50. The minimum absolute atomic E-state index is 0.000238. The van der Waals surface area contributed by atoms with Gasteiger partial charge in [0, 0.05) is 180 Å². The summed E-state index contributed by atoms with van der Waals surface area (Å²) in [5.74, 6) is 14.5. The number of pyridine rings is 5. The average molecular weight is 1540 g/mol. The fraction of sp³-hybridized carbons (Fsp3) is 0.485. The number of allylic oxidation sites excluding steroid dienone is 5. The van der Waals surface area contributed by atoms with Crippen LogP contribution in [0.4, 0.5) is 0 Å². The molecule has 1 N–H and O–H groups in total. The molecule has 20 rings (SSSR count). The number of ether oxygens (including phenoxy) is 2. The van der Waals surface area contributed by atoms with Crippen LogP contribution in [-0.2, 0) is 62.7 Å². The van der Waals surface area contributed by atoms with Gasteiger partial charge in [0.15, 0.2) is 28.9 Å². The van der Waals surface area contributed by atoms with Gasteiger partial charge in [-0.05, 0) is 215 Å². The molecule has 0 aromatic carbocycles. The van der Waals surface area contributed by atoms with Crippen LogP contribution in [0.15, 0.2) is 89.2 Å². The van der Waals surface area contributed by atoms with E-state index in [1.165, 1.54) is 141 Å². The molecular weight excluding hydrogens is 1430 g/mol. The number of carbonyl (C=O) groups excluding carboxylic acids is 5. The Balaban J connectivity index is 0.000000108. The number of aryl methyl sites for hydroxylation is 2. The number of terminal acetylenes is 5. The third-order valence-corrected chi connectivity index (χ3v) is 28.5. The van der Waals surface area contributed by atoms with E-state index in [1.807, 2.05) is 44.4 Å². The number of hydrogen-bond acceptors (Lipinski definition) is 18. The largest absolute Gasteiger partial charge is 0.481 e. The topological polar surface area (TPSA) is 205 Å². The lowest BCUT2D eigenvalue weighted by molar-refractivity contribution is -0.115. The van der Waals surface area contributed by atoms with E-state index in [0.29, 0.717) is 104 Å². The number of aromatic nitrogens is 5. The van der Waals surface area contributed by atoms with E-state index >= 15 is 0 Å². The molecule has 5 aliphatic heterocycles. The van der Waals surface area contributed by atoms with Crippen molar-refractivity contribution in [2.75, 3.05) is 79.7 Å². The lowest BCUT2D eigenvalue weighted by atomic mass is 9.63. The summed E-state index contributed by atoms with van der Waals surface area (Å²) < 4.78 is 10.5. The minimum atomic E-state index is -0.108. The fourth-order valence-electron chi connectivity index (χ4n) is 20.2. The molecule has 115 heavy (non-hydrogen) atoms. The summed E-state index contributed by atoms with van der Waals surface area (Å²) in [5, 5.41) is 9.39. The molecule has 0 bridgehead atoms. The first-order valence-electron chi connectivity index (χ1n) is 41.7. The summed E-state index contributed by atoms with van der Waals surface area (Å²) in [7, 11) is 3.21. The number of carbonyl (C=O) groups is 5. The molecule has 18 nitrogen and oxygen atoms in total. The normalized spacial score (nSPS) is 22.2. The second-order valence-corrected chi connectivity index (χ2v) is 35.2. The van der Waals surface area contributed by atoms with E-state index in [1.54, 1.807) is 32.8 Å². The van der Waals surface area contributed by atoms with E-state index in [4.69, 9.17) is 41.6 Å². The second-order valence-electron chi connectivity index (χ2n) is 35.2. The molecule has 10 aliphatic carbocycles. The van der Waals surface area contributed by atoms with Crippen molar-refractivity contribution in [3.05, 3.63) is 162 Å². The maximum Gasteiger partial charge on any atom is 0.213 e. The Hall–Kier alpha value is -10.8. The van der Waals surface area contributed by atoms with Crippen LogP contribution in [0, 0.1) is 103 Å². The minimum Gasteiger partial charge on any atom is -0.481 e. The highest BCUT2D eigenvalue weighted by atomic mass is 16.5. The molecule has 0 unspecified atom stereocenters. The maximum atomic E-state index is 12.5. The van der Waals surface area contributed by atoms with Crippen LogP contribution in [0.5, 0.6) is 11.8 Å². The molecule has 5 spiro atoms. The average Bonchev–Trinajstić information content (AvgIpc) is 1.22. The number of fused-ring (bicyclic) bond motifs is 5. The number of ketones is 5. The summed E-state index contributed by atoms with van der Waals surface area (Å²) in [6.07, 6.45) is 67.4. The number of aliphatic hydroxyl groups excluding tert-OH is 1. The zero-order valence-electron chi connectivity index (χ0n) is 67.3. The molecule has 5 saturated heterocycles. The van der Waals surface area contributed by atoms with Crippen LogP contribution < -0.4 is 9.47 Å². The summed E-state index contributed by atoms with van der Waals surface area (Å²) in [5.41, 5.74) is 22.8. The van der Waals surface area contributed by atoms with Gasteiger partial charge in [0.05, 0.1) is 82.9 Å². The number of hydrogen-bond donors (Lipinski definition) is 1. The molecule has 10 heterocycles. The molecule has 5 aromatic rings. The maximum absolute atomic E-state index is 12.5. The lowest BCUT2D eigenvalue weighted by Gasteiger charge is -2.49. The lowest BCUT2D eigenvalue weighted by Crippen LogP contribution is -2.43. The third-order valence-electron chi connectivity index (χ3n) is 28.5. The van der Waals surface area contributed by atoms with Gasteiger partial charge in [0.25, 0.3) is 0 Å². The molecule has 5 saturated carbocycles. The fourth-order valence-corrected chi connectivity index (χ4v) is 20.2. The van der Waals surface area contributed by atoms with E-state index < -0.39 is 0 Å². The SMILES string of the molecule is C#CC1=C(N2CCC3(CC2)CC3)c2cc(C)ncc2CC1=O.C#CC1=C(N2CCC3(CC2)CC3)c2cc(CO)ncc2CC1=O.C#CC1=C(N2CCC3(CC2)CC3)c2cc(OC)ncc2CC1=O.C#CC1=C(N2CCC3(CCC3)CC2)c2cc(C)ncc2CC1=O.C#CC1=C(N2CCC3(CCC3)CC2)c2cc(OC)ncc2CC1=O. The number of methoxy groups -OCH3 is 2. The van der Waals surface area contributed by atoms with E-state index in [2.05, 4.69) is 91.2 Å². The van der Waals surface area contributed by atoms with Crippen LogP contribution in [0.3, 0.4) is 0 Å². The van der Waals surface area contributed by atoms with Gasteiger partial charge in [0.2, 0.25) is 11.8 Å². The first kappa shape index (κ1) is 78.1. The predicted molar refractivity (Wildman–Crippen MR) is 444 cm³/mol. The molecule has 590 valence electrons. The molecular formula is C97H104N10O8. The monoisotopic (exact) mass is 1540 g/mol. The van der Waals surface area contributed by atoms with Gasteiger partial charge in [-0.25, -0.2) is 9.97 Å². The Kier molecular flexibility index (Phi) is 21.6. The van der Waals surface area contributed by atoms with Crippen LogP contribution >= 0.6 is 0 Å². The van der Waals surface area contributed by atoms with Crippen molar-refractivity contribution in [3.8, 4) is 73.5 Å². The van der Waals surface area contributed by atoms with Gasteiger partial charge in [-0.3, -0.25) is 38.9 Å². The zero-order chi connectivity index (χ0) is 80.1. The van der Waals surface area contributed by atoms with Gasteiger partial charge in [0.1, 0.15) is 0 Å². The van der Waals surface area contributed by atoms with E-state index in [0.717, 1.165) is 161 Å². The van der Waals surface area contributed by atoms with Crippen molar-refractivity contribution in [1.29, 1.82) is 0 Å². The van der Waals surface area contributed by atoms with Crippen LogP contribution in [0.25, 0.3) is 28.5 Å². The van der Waals surface area contributed by atoms with Crippen molar-refractivity contribution in [3.63, 3.8) is 0 Å². The third kappa shape index (κ3) is 15.5. The number of nitrogens with zero attached hydrogens (tertiary/aromatic N) is 10. The highest BCUT2D eigenvalue weighted by molar-refractivity contribution is 6.13. The van der Waals surface area contributed by atoms with Crippen molar-refractivity contribution in [1.82, 2.24) is 49.4 Å². The number of aliphatic hydroxyl groups is 1. The Morgan fingerprint density at radius 1 is 0.330 bits per heavy atom. The first-order chi connectivity index (χ1) is 55.7. The van der Waals surface area contributed by atoms with Crippen LogP contribution in [-0.4, -0.2) is 163 Å². The van der Waals surface area contributed by atoms with Crippen molar-refractivity contribution in [2.24, 2.45) is 27.1 Å². The highest BCUT2D eigenvalue weighted by Crippen LogP contribution is 2.58. The van der Waals surface area contributed by atoms with E-state index in [-0.39, 0.29) is 35.5 Å². The van der Waals surface area contributed by atoms with Crippen LogP contribution in [0.2, 0.25) is 0 Å². The zero-order valence-corrected chi connectivity index (χ0v) is 67.3. The number of Topliss-reactive ketones (excluding diaryl/α,β-unsaturated/α-hetero) is 5. The molecule has 15 aliphatic rings. The van der Waals surface area contributed by atoms with Crippen molar-refractivity contribution in [2.45, 2.75) is 194 Å². The molecule has 18 heteroatoms. The van der Waals surface area contributed by atoms with Gasteiger partial charge in [-0.15, -0.1) is 32.1 Å². The summed E-state index contributed by atoms with van der Waals surface area (Å²) in [6, 6.07) is 9.88. The van der Waals surface area contributed by atoms with Crippen LogP contribution in [0.1, 0.15) is 214 Å². The Morgan fingerprint density at radius 3 is 0.774 bits per heavy atom. The molecule has 5 aromatic heterocycles. The van der Waals surface area contributed by atoms with Gasteiger partial charge in [-0.1, -0.05) is 42.4 Å². The summed E-state index contributed by atoms with van der Waals surface area (Å²) >= 11 is 0. The standard InChI is InChI=1S/C20H22N2O2.C20H22N2O.2C19H20N2O2.C19H20N2O/c1-3-15-17(23)11-14-13-21-18(24-2)12-16(14)19(15)22-9-7-20(8-10-22)5-4-6-20;1-3-16-18(23)12-15-13-21-14(2)11-17(15)19(16)22-9-7-20(8-10-22)5-4-6-20;1-3-14-16(22)10-13-12-20-17(23-2)11-15(13)18(14)21-8-6-19(4-5-19)7-9-21;1-2-15-17(23)9-13-11-20-14(12-22)10-16(13)18(15)21-7-5-19(3-4-19)6-8-21;1-3-15-17(22)11-14-12-20-13(2)10-16(14)18(15)21-8-6-19(4-5-19)7-9-21/h1,12-13H,4-11H2,2H3;1,11,13H,4-10,12H2,2H3;1,11-12H,4-10H2,2H3;1,10-11,22H,3-9,12H2;1,10,12H,4-9,11H2,2H3. The summed E-state index contributed by atoms with van der Waals surface area (Å²) in [4.78, 5) is 95.3. The molecule has 10 fully saturated rings. The second kappa shape index (κ2) is 31.7. The number of likely N-dealkylation sites (tertiary alicyclic amines) is 5. The Bertz CT molecular complexity index is 5080. The van der Waals surface area contributed by atoms with Gasteiger partial charge >= 0.3 is 0 Å². The van der Waals surface area contributed by atoms with Crippen molar-refractivity contribution >= 4 is 57.4 Å².